The van der Waals surface area contributed by atoms with E-state index in [1.54, 1.807) is 14.2 Å². The van der Waals surface area contributed by atoms with E-state index in [1.165, 1.54) is 11.3 Å². The molecule has 0 fully saturated rings. The molecular formula is C31H31N3O5S. The molecular weight excluding hydrogens is 526 g/mol. The van der Waals surface area contributed by atoms with E-state index in [0.717, 1.165) is 16.7 Å². The number of ether oxygens (including phenoxy) is 3. The van der Waals surface area contributed by atoms with E-state index < -0.39 is 6.10 Å². The van der Waals surface area contributed by atoms with Gasteiger partial charge in [-0.15, -0.1) is 11.3 Å². The lowest BCUT2D eigenvalue weighted by Crippen LogP contribution is -2.35. The molecule has 0 aliphatic carbocycles. The summed E-state index contributed by atoms with van der Waals surface area (Å²) in [5.74, 6) is 2.45. The van der Waals surface area contributed by atoms with E-state index in [1.807, 2.05) is 84.2 Å². The Balaban J connectivity index is 1.37. The van der Waals surface area contributed by atoms with Crippen LogP contribution in [0.1, 0.15) is 11.4 Å². The zero-order valence-corrected chi connectivity index (χ0v) is 23.2. The molecule has 0 aliphatic heterocycles. The van der Waals surface area contributed by atoms with Gasteiger partial charge in [0.15, 0.2) is 11.5 Å². The summed E-state index contributed by atoms with van der Waals surface area (Å²) < 4.78 is 16.5. The van der Waals surface area contributed by atoms with Crippen LogP contribution in [0, 0.1) is 0 Å². The first kappa shape index (κ1) is 27.4. The van der Waals surface area contributed by atoms with Crippen LogP contribution in [-0.4, -0.2) is 53.4 Å². The first-order chi connectivity index (χ1) is 19.5. The fraction of sp³-hybridized carbons (Fsp3) is 0.226. The van der Waals surface area contributed by atoms with Gasteiger partial charge >= 0.3 is 0 Å². The van der Waals surface area contributed by atoms with Crippen molar-refractivity contribution < 1.29 is 19.3 Å². The van der Waals surface area contributed by atoms with Gasteiger partial charge in [-0.3, -0.25) is 9.69 Å². The van der Waals surface area contributed by atoms with E-state index >= 15 is 0 Å². The highest BCUT2D eigenvalue weighted by molar-refractivity contribution is 7.17. The number of aromatic nitrogens is 2. The zero-order valence-electron chi connectivity index (χ0n) is 22.4. The summed E-state index contributed by atoms with van der Waals surface area (Å²) in [6.07, 6.45) is -0.738. The molecule has 0 saturated heterocycles. The molecule has 1 unspecified atom stereocenters. The minimum absolute atomic E-state index is 0.151. The van der Waals surface area contributed by atoms with Crippen LogP contribution < -0.4 is 19.8 Å². The van der Waals surface area contributed by atoms with Gasteiger partial charge in [0.1, 0.15) is 29.1 Å². The van der Waals surface area contributed by atoms with Crippen LogP contribution in [-0.2, 0) is 13.1 Å². The third kappa shape index (κ3) is 6.51. The smallest absolute Gasteiger partial charge is 0.260 e. The van der Waals surface area contributed by atoms with Gasteiger partial charge < -0.3 is 24.3 Å². The molecule has 0 amide bonds. The van der Waals surface area contributed by atoms with Crippen LogP contribution >= 0.6 is 11.3 Å². The van der Waals surface area contributed by atoms with Gasteiger partial charge in [-0.25, -0.2) is 4.98 Å². The lowest BCUT2D eigenvalue weighted by atomic mass is 10.1. The van der Waals surface area contributed by atoms with Gasteiger partial charge in [-0.2, -0.15) is 0 Å². The lowest BCUT2D eigenvalue weighted by Gasteiger charge is -2.25. The first-order valence-corrected chi connectivity index (χ1v) is 13.8. The van der Waals surface area contributed by atoms with E-state index in [0.29, 0.717) is 52.9 Å². The van der Waals surface area contributed by atoms with Crippen LogP contribution in [0.4, 0.5) is 0 Å². The van der Waals surface area contributed by atoms with Crippen molar-refractivity contribution in [2.24, 2.45) is 0 Å². The molecule has 8 nitrogen and oxygen atoms in total. The summed E-state index contributed by atoms with van der Waals surface area (Å²) in [6, 6.07) is 25.0. The number of benzene rings is 3. The molecule has 0 aliphatic rings. The van der Waals surface area contributed by atoms with Gasteiger partial charge in [0.05, 0.1) is 26.2 Å². The Morgan fingerprint density at radius 1 is 0.950 bits per heavy atom. The zero-order chi connectivity index (χ0) is 27.9. The second-order valence-corrected chi connectivity index (χ2v) is 10.2. The quantitative estimate of drug-likeness (QED) is 0.220. The number of aromatic amines is 1. The minimum atomic E-state index is -0.738. The van der Waals surface area contributed by atoms with Crippen molar-refractivity contribution >= 4 is 21.6 Å². The number of hydrogen-bond donors (Lipinski definition) is 2. The number of aliphatic hydroxyl groups excluding tert-OH is 1. The Bertz CT molecular complexity index is 1600. The minimum Gasteiger partial charge on any atom is -0.493 e. The number of aliphatic hydroxyl groups is 1. The van der Waals surface area contributed by atoms with Crippen molar-refractivity contribution in [3.63, 3.8) is 0 Å². The van der Waals surface area contributed by atoms with E-state index in [4.69, 9.17) is 19.2 Å². The number of para-hydroxylation sites is 1. The summed E-state index contributed by atoms with van der Waals surface area (Å²) in [6.45, 7) is 1.42. The molecule has 3 aromatic carbocycles. The molecule has 2 heterocycles. The molecule has 9 heteroatoms. The highest BCUT2D eigenvalue weighted by Gasteiger charge is 2.18. The normalized spacial score (nSPS) is 12.0. The Morgan fingerprint density at radius 3 is 2.40 bits per heavy atom. The third-order valence-electron chi connectivity index (χ3n) is 6.46. The third-order valence-corrected chi connectivity index (χ3v) is 7.34. The average Bonchev–Trinajstić information content (AvgIpc) is 3.41. The number of nitrogens with zero attached hydrogens (tertiary/aromatic N) is 2. The molecule has 0 saturated carbocycles. The van der Waals surface area contributed by atoms with Gasteiger partial charge in [-0.1, -0.05) is 54.6 Å². The van der Waals surface area contributed by atoms with E-state index in [2.05, 4.69) is 9.88 Å². The monoisotopic (exact) mass is 557 g/mol. The Morgan fingerprint density at radius 2 is 1.68 bits per heavy atom. The molecule has 1 atom stereocenters. The standard InChI is InChI=1S/C31H31N3O5S/c1-37-26-14-13-22(15-27(26)38-2)25-20-40-31-29(25)30(36)32-28(33-31)18-34(16-21-9-5-3-6-10-21)17-23(35)19-39-24-11-7-4-8-12-24/h3-15,20,23,35H,16-19H2,1-2H3,(H,32,33,36). The summed E-state index contributed by atoms with van der Waals surface area (Å²) in [5, 5.41) is 13.3. The summed E-state index contributed by atoms with van der Waals surface area (Å²) >= 11 is 1.42. The fourth-order valence-electron chi connectivity index (χ4n) is 4.58. The van der Waals surface area contributed by atoms with Crippen LogP contribution in [0.15, 0.2) is 89.0 Å². The number of fused-ring (bicyclic) bond motifs is 1. The molecule has 2 N–H and O–H groups in total. The predicted octanol–water partition coefficient (Wildman–Crippen LogP) is 5.11. The Hall–Kier alpha value is -4.18. The van der Waals surface area contributed by atoms with Crippen molar-refractivity contribution in [3.05, 3.63) is 106 Å². The number of methoxy groups -OCH3 is 2. The van der Waals surface area contributed by atoms with Crippen molar-refractivity contribution in [1.29, 1.82) is 0 Å². The first-order valence-electron chi connectivity index (χ1n) is 12.9. The highest BCUT2D eigenvalue weighted by Crippen LogP contribution is 2.36. The van der Waals surface area contributed by atoms with Crippen molar-refractivity contribution in [3.8, 4) is 28.4 Å². The van der Waals surface area contributed by atoms with Crippen LogP contribution in [0.3, 0.4) is 0 Å². The maximum Gasteiger partial charge on any atom is 0.260 e. The second-order valence-electron chi connectivity index (χ2n) is 9.35. The Kier molecular flexibility index (Phi) is 8.75. The van der Waals surface area contributed by atoms with Crippen molar-refractivity contribution in [2.75, 3.05) is 27.4 Å². The number of nitrogens with one attached hydrogen (secondary N) is 1. The van der Waals surface area contributed by atoms with Crippen LogP contribution in [0.5, 0.6) is 17.2 Å². The maximum atomic E-state index is 13.3. The van der Waals surface area contributed by atoms with Gasteiger partial charge in [-0.05, 0) is 35.4 Å². The summed E-state index contributed by atoms with van der Waals surface area (Å²) in [5.41, 5.74) is 2.51. The maximum absolute atomic E-state index is 13.3. The molecule has 206 valence electrons. The molecule has 0 bridgehead atoms. The molecule has 40 heavy (non-hydrogen) atoms. The predicted molar refractivity (Wildman–Crippen MR) is 157 cm³/mol. The van der Waals surface area contributed by atoms with Gasteiger partial charge in [0.25, 0.3) is 5.56 Å². The second kappa shape index (κ2) is 12.8. The fourth-order valence-corrected chi connectivity index (χ4v) is 5.55. The molecule has 0 radical (unpaired) electrons. The van der Waals surface area contributed by atoms with Gasteiger partial charge in [0, 0.05) is 24.0 Å². The Labute approximate surface area is 236 Å². The van der Waals surface area contributed by atoms with E-state index in [9.17, 15) is 9.90 Å². The molecule has 2 aromatic heterocycles. The topological polar surface area (TPSA) is 96.9 Å². The summed E-state index contributed by atoms with van der Waals surface area (Å²) in [4.78, 5) is 23.8. The number of rotatable bonds is 12. The molecule has 5 rings (SSSR count). The lowest BCUT2D eigenvalue weighted by molar-refractivity contribution is 0.0619. The van der Waals surface area contributed by atoms with Crippen LogP contribution in [0.2, 0.25) is 0 Å². The number of hydrogen-bond acceptors (Lipinski definition) is 8. The van der Waals surface area contributed by atoms with Crippen molar-refractivity contribution in [2.45, 2.75) is 19.2 Å². The SMILES string of the molecule is COc1ccc(-c2csc3nc(CN(Cc4ccccc4)CC(O)COc4ccccc4)[nH]c(=O)c23)cc1OC. The number of thiophene rings is 1. The largest absolute Gasteiger partial charge is 0.493 e. The van der Waals surface area contributed by atoms with Crippen LogP contribution in [0.25, 0.3) is 21.3 Å². The summed E-state index contributed by atoms with van der Waals surface area (Å²) in [7, 11) is 3.17. The number of H-pyrrole nitrogens is 1. The molecule has 0 spiro atoms. The highest BCUT2D eigenvalue weighted by atomic mass is 32.1. The van der Waals surface area contributed by atoms with Crippen molar-refractivity contribution in [1.82, 2.24) is 14.9 Å². The van der Waals surface area contributed by atoms with Gasteiger partial charge in [0.2, 0.25) is 0 Å². The molecule has 5 aromatic rings. The van der Waals surface area contributed by atoms with E-state index in [-0.39, 0.29) is 12.2 Å². The average molecular weight is 558 g/mol.